The smallest absolute Gasteiger partial charge is 0.166 e. The highest BCUT2D eigenvalue weighted by atomic mass is 32.2. The van der Waals surface area contributed by atoms with Crippen molar-refractivity contribution in [2.24, 2.45) is 23.2 Å². The van der Waals surface area contributed by atoms with Gasteiger partial charge >= 0.3 is 0 Å². The maximum Gasteiger partial charge on any atom is 0.166 e. The van der Waals surface area contributed by atoms with Gasteiger partial charge in [0.25, 0.3) is 0 Å². The van der Waals surface area contributed by atoms with Crippen molar-refractivity contribution in [2.75, 3.05) is 26.7 Å². The Labute approximate surface area is 233 Å². The monoisotopic (exact) mass is 526 g/mol. The minimum absolute atomic E-state index is 0.102. The third kappa shape index (κ3) is 5.91. The average molecular weight is 527 g/mol. The zero-order valence-electron chi connectivity index (χ0n) is 23.2. The molecule has 1 unspecified atom stereocenters. The molecule has 4 fully saturated rings. The van der Waals surface area contributed by atoms with Crippen molar-refractivity contribution in [3.8, 4) is 0 Å². The molecule has 0 spiro atoms. The van der Waals surface area contributed by atoms with E-state index in [9.17, 15) is 0 Å². The van der Waals surface area contributed by atoms with E-state index in [2.05, 4.69) is 104 Å². The van der Waals surface area contributed by atoms with Gasteiger partial charge < -0.3 is 9.64 Å². The van der Waals surface area contributed by atoms with E-state index in [4.69, 9.17) is 4.74 Å². The summed E-state index contributed by atoms with van der Waals surface area (Å²) in [5, 5.41) is 0. The predicted octanol–water partition coefficient (Wildman–Crippen LogP) is 8.40. The van der Waals surface area contributed by atoms with E-state index in [-0.39, 0.29) is 17.0 Å². The summed E-state index contributed by atoms with van der Waals surface area (Å²) >= 11 is 0. The first kappa shape index (κ1) is 26.2. The lowest BCUT2D eigenvalue weighted by Gasteiger charge is -2.57. The standard InChI is InChI=1S/C35H44NOS/c1-27(37-20-19-36(2)18-17-35-24-28-21-29(25-35)23-30(22-28)26-35)31-13-15-34(16-14-31)38(32-9-5-3-6-10-32)33-11-7-4-8-12-33/h3-16,27-30H,17-26H2,1-2H3/q+1. The third-order valence-corrected chi connectivity index (χ3v) is 11.8. The molecule has 3 heteroatoms. The van der Waals surface area contributed by atoms with Crippen molar-refractivity contribution in [1.29, 1.82) is 0 Å². The van der Waals surface area contributed by atoms with Crippen molar-refractivity contribution >= 4 is 10.9 Å². The van der Waals surface area contributed by atoms with Crippen molar-refractivity contribution in [1.82, 2.24) is 4.90 Å². The number of hydrogen-bond donors (Lipinski definition) is 0. The van der Waals surface area contributed by atoms with Gasteiger partial charge in [0.2, 0.25) is 0 Å². The normalized spacial score (nSPS) is 26.8. The lowest BCUT2D eigenvalue weighted by Crippen LogP contribution is -2.47. The minimum Gasteiger partial charge on any atom is -0.372 e. The van der Waals surface area contributed by atoms with Gasteiger partial charge in [-0.15, -0.1) is 0 Å². The second-order valence-electron chi connectivity index (χ2n) is 12.5. The molecule has 0 amide bonds. The van der Waals surface area contributed by atoms with Crippen molar-refractivity contribution in [3.05, 3.63) is 90.5 Å². The van der Waals surface area contributed by atoms with Gasteiger partial charge in [-0.05, 0) is 131 Å². The molecule has 7 rings (SSSR count). The summed E-state index contributed by atoms with van der Waals surface area (Å²) in [5.74, 6) is 3.16. The Morgan fingerprint density at radius 1 is 0.737 bits per heavy atom. The maximum atomic E-state index is 6.32. The molecule has 4 bridgehead atoms. The van der Waals surface area contributed by atoms with E-state index in [1.807, 2.05) is 0 Å². The lowest BCUT2D eigenvalue weighted by molar-refractivity contribution is -0.0610. The average Bonchev–Trinajstić information content (AvgIpc) is 2.93. The van der Waals surface area contributed by atoms with Gasteiger partial charge in [-0.3, -0.25) is 0 Å². The van der Waals surface area contributed by atoms with Crippen LogP contribution in [0.5, 0.6) is 0 Å². The van der Waals surface area contributed by atoms with Crippen molar-refractivity contribution in [2.45, 2.75) is 72.7 Å². The molecule has 0 N–H and O–H groups in total. The van der Waals surface area contributed by atoms with Crippen LogP contribution >= 0.6 is 0 Å². The first-order chi connectivity index (χ1) is 18.6. The first-order valence-electron chi connectivity index (χ1n) is 14.8. The maximum absolute atomic E-state index is 6.32. The van der Waals surface area contributed by atoms with Gasteiger partial charge in [0.05, 0.1) is 23.6 Å². The number of benzene rings is 3. The fourth-order valence-corrected chi connectivity index (χ4v) is 10.1. The molecule has 3 aromatic rings. The second-order valence-corrected chi connectivity index (χ2v) is 14.5. The van der Waals surface area contributed by atoms with Crippen LogP contribution in [0.1, 0.15) is 63.5 Å². The number of rotatable bonds is 11. The van der Waals surface area contributed by atoms with Crippen LogP contribution in [-0.4, -0.2) is 31.6 Å². The Bertz CT molecular complexity index is 1090. The topological polar surface area (TPSA) is 12.5 Å². The Morgan fingerprint density at radius 2 is 1.24 bits per heavy atom. The van der Waals surface area contributed by atoms with E-state index in [1.165, 1.54) is 52.5 Å². The van der Waals surface area contributed by atoms with Crippen molar-refractivity contribution in [3.63, 3.8) is 0 Å². The number of likely N-dealkylation sites (N-methyl/N-ethyl adjacent to an activating group) is 1. The molecule has 0 aromatic heterocycles. The highest BCUT2D eigenvalue weighted by molar-refractivity contribution is 7.97. The second kappa shape index (κ2) is 11.6. The van der Waals surface area contributed by atoms with E-state index < -0.39 is 0 Å². The molecular formula is C35H44NOS+. The molecule has 0 radical (unpaired) electrons. The van der Waals surface area contributed by atoms with E-state index in [1.54, 1.807) is 19.3 Å². The molecule has 0 saturated heterocycles. The Balaban J connectivity index is 1.01. The summed E-state index contributed by atoms with van der Waals surface area (Å²) in [6, 6.07) is 30.9. The molecule has 2 nitrogen and oxygen atoms in total. The van der Waals surface area contributed by atoms with Crippen LogP contribution in [0.4, 0.5) is 0 Å². The summed E-state index contributed by atoms with van der Waals surface area (Å²) in [6.45, 7) is 5.22. The molecule has 4 aliphatic rings. The number of ether oxygens (including phenoxy) is 1. The highest BCUT2D eigenvalue weighted by Gasteiger charge is 2.50. The highest BCUT2D eigenvalue weighted by Crippen LogP contribution is 2.61. The Hall–Kier alpha value is -2.07. The fraction of sp³-hybridized carbons (Fsp3) is 0.486. The van der Waals surface area contributed by atoms with Crippen LogP contribution < -0.4 is 0 Å². The summed E-state index contributed by atoms with van der Waals surface area (Å²) < 4.78 is 6.32. The van der Waals surface area contributed by atoms with E-state index in [0.717, 1.165) is 30.9 Å². The van der Waals surface area contributed by atoms with Gasteiger partial charge in [-0.25, -0.2) is 0 Å². The van der Waals surface area contributed by atoms with Crippen LogP contribution in [0.3, 0.4) is 0 Å². The molecule has 0 aliphatic heterocycles. The zero-order chi connectivity index (χ0) is 26.0. The lowest BCUT2D eigenvalue weighted by atomic mass is 9.49. The zero-order valence-corrected chi connectivity index (χ0v) is 24.0. The van der Waals surface area contributed by atoms with Gasteiger partial charge in [-0.1, -0.05) is 48.5 Å². The van der Waals surface area contributed by atoms with Crippen LogP contribution in [0, 0.1) is 23.2 Å². The summed E-state index contributed by atoms with van der Waals surface area (Å²) in [4.78, 5) is 6.57. The van der Waals surface area contributed by atoms with Crippen LogP contribution in [0.2, 0.25) is 0 Å². The van der Waals surface area contributed by atoms with Gasteiger partial charge in [0.15, 0.2) is 14.7 Å². The number of nitrogens with zero attached hydrogens (tertiary/aromatic N) is 1. The largest absolute Gasteiger partial charge is 0.372 e. The molecule has 4 aliphatic carbocycles. The molecule has 4 saturated carbocycles. The summed E-state index contributed by atoms with van der Waals surface area (Å²) in [5.41, 5.74) is 1.94. The molecule has 3 aromatic carbocycles. The minimum atomic E-state index is -0.102. The number of hydrogen-bond acceptors (Lipinski definition) is 2. The SMILES string of the molecule is CC(OCCN(C)CCC12CC3CC(CC(C3)C1)C2)c1ccc([S+](c2ccccc2)c2ccccc2)cc1. The van der Waals surface area contributed by atoms with Gasteiger partial charge in [0, 0.05) is 6.54 Å². The van der Waals surface area contributed by atoms with Gasteiger partial charge in [-0.2, -0.15) is 0 Å². The quantitative estimate of drug-likeness (QED) is 0.233. The molecular weight excluding hydrogens is 482 g/mol. The summed E-state index contributed by atoms with van der Waals surface area (Å²) in [7, 11) is 2.19. The van der Waals surface area contributed by atoms with Crippen LogP contribution in [-0.2, 0) is 15.6 Å². The molecule has 38 heavy (non-hydrogen) atoms. The van der Waals surface area contributed by atoms with Crippen LogP contribution in [0.25, 0.3) is 0 Å². The molecule has 1 atom stereocenters. The first-order valence-corrected chi connectivity index (χ1v) is 16.0. The summed E-state index contributed by atoms with van der Waals surface area (Å²) in [6.07, 6.45) is 10.7. The third-order valence-electron chi connectivity index (χ3n) is 9.57. The Kier molecular flexibility index (Phi) is 7.97. The predicted molar refractivity (Wildman–Crippen MR) is 159 cm³/mol. The molecule has 200 valence electrons. The van der Waals surface area contributed by atoms with Gasteiger partial charge in [0.1, 0.15) is 0 Å². The van der Waals surface area contributed by atoms with Crippen LogP contribution in [0.15, 0.2) is 99.6 Å². The van der Waals surface area contributed by atoms with E-state index in [0.29, 0.717) is 5.41 Å². The van der Waals surface area contributed by atoms with E-state index >= 15 is 0 Å². The fourth-order valence-electron chi connectivity index (χ4n) is 8.01. The Morgan fingerprint density at radius 3 is 1.76 bits per heavy atom. The molecule has 0 heterocycles. The van der Waals surface area contributed by atoms with Crippen molar-refractivity contribution < 1.29 is 4.74 Å².